The molecule has 4 rings (SSSR count). The Labute approximate surface area is 186 Å². The van der Waals surface area contributed by atoms with Crippen molar-refractivity contribution < 1.29 is 19.1 Å². The molecule has 32 heavy (non-hydrogen) atoms. The number of rotatable bonds is 6. The number of benzene rings is 2. The molecule has 0 saturated carbocycles. The number of nitrogens with zero attached hydrogens (tertiary/aromatic N) is 2. The molecule has 0 spiro atoms. The highest BCUT2D eigenvalue weighted by Gasteiger charge is 2.36. The Morgan fingerprint density at radius 3 is 2.56 bits per heavy atom. The van der Waals surface area contributed by atoms with Crippen molar-refractivity contribution in [1.29, 1.82) is 0 Å². The first-order chi connectivity index (χ1) is 15.3. The van der Waals surface area contributed by atoms with Crippen LogP contribution in [0.4, 0.5) is 11.5 Å². The van der Waals surface area contributed by atoms with Crippen LogP contribution in [0.3, 0.4) is 0 Å². The van der Waals surface area contributed by atoms with Crippen LogP contribution in [0, 0.1) is 20.8 Å². The van der Waals surface area contributed by atoms with Crippen molar-refractivity contribution in [3.05, 3.63) is 53.2 Å². The molecule has 2 N–H and O–H groups in total. The molecule has 1 aliphatic heterocycles. The van der Waals surface area contributed by atoms with Gasteiger partial charge in [0.15, 0.2) is 11.5 Å². The van der Waals surface area contributed by atoms with E-state index in [1.807, 2.05) is 57.2 Å². The van der Waals surface area contributed by atoms with Crippen molar-refractivity contribution in [1.82, 2.24) is 9.78 Å². The van der Waals surface area contributed by atoms with Gasteiger partial charge in [-0.05, 0) is 55.7 Å². The molecule has 0 radical (unpaired) electrons. The second kappa shape index (κ2) is 8.37. The molecule has 0 saturated heterocycles. The number of aryl methyl sites for hydroxylation is 3. The number of nitrogens with one attached hydrogen (secondary N) is 2. The lowest BCUT2D eigenvalue weighted by Crippen LogP contribution is -2.24. The Bertz CT molecular complexity index is 1210. The molecule has 0 fully saturated rings. The minimum Gasteiger partial charge on any atom is -0.493 e. The molecule has 0 aliphatic carbocycles. The van der Waals surface area contributed by atoms with Gasteiger partial charge in [-0.15, -0.1) is 0 Å². The number of ether oxygens (including phenoxy) is 2. The molecule has 3 aromatic rings. The van der Waals surface area contributed by atoms with Crippen LogP contribution in [0.2, 0.25) is 0 Å². The van der Waals surface area contributed by atoms with Crippen LogP contribution in [0.15, 0.2) is 36.4 Å². The number of aromatic nitrogens is 2. The SMILES string of the molecule is COc1ccc(-c2c(C)nn3c2NC(=O)C3CC(=O)Nc2cc(C)ccc2C)cc1OC. The molecule has 1 atom stereocenters. The van der Waals surface area contributed by atoms with Gasteiger partial charge in [-0.2, -0.15) is 5.10 Å². The normalized spacial score (nSPS) is 14.7. The van der Waals surface area contributed by atoms with Gasteiger partial charge >= 0.3 is 0 Å². The predicted molar refractivity (Wildman–Crippen MR) is 122 cm³/mol. The third-order valence-electron chi connectivity index (χ3n) is 5.64. The summed E-state index contributed by atoms with van der Waals surface area (Å²) in [6, 6.07) is 10.7. The van der Waals surface area contributed by atoms with Crippen molar-refractivity contribution in [3.8, 4) is 22.6 Å². The van der Waals surface area contributed by atoms with Gasteiger partial charge in [-0.3, -0.25) is 9.59 Å². The molecule has 1 aliphatic rings. The fourth-order valence-electron chi connectivity index (χ4n) is 3.97. The van der Waals surface area contributed by atoms with Crippen LogP contribution in [-0.2, 0) is 9.59 Å². The smallest absolute Gasteiger partial charge is 0.251 e. The van der Waals surface area contributed by atoms with Gasteiger partial charge in [0.25, 0.3) is 5.91 Å². The van der Waals surface area contributed by atoms with E-state index in [0.717, 1.165) is 33.6 Å². The monoisotopic (exact) mass is 434 g/mol. The standard InChI is InChI=1S/C24H26N4O4/c1-13-6-7-14(2)17(10-13)25-21(29)12-18-24(30)26-23-22(15(3)27-28(18)23)16-8-9-19(31-4)20(11-16)32-5/h6-11,18H,12H2,1-5H3,(H,25,29)(H,26,30). The van der Waals surface area contributed by atoms with E-state index in [2.05, 4.69) is 15.7 Å². The average molecular weight is 434 g/mol. The van der Waals surface area contributed by atoms with E-state index in [0.29, 0.717) is 17.3 Å². The maximum atomic E-state index is 12.7. The van der Waals surface area contributed by atoms with E-state index >= 15 is 0 Å². The van der Waals surface area contributed by atoms with Crippen LogP contribution in [0.25, 0.3) is 11.1 Å². The Morgan fingerprint density at radius 1 is 1.09 bits per heavy atom. The molecule has 1 aromatic heterocycles. The number of hydrogen-bond donors (Lipinski definition) is 2. The number of methoxy groups -OCH3 is 2. The van der Waals surface area contributed by atoms with Crippen molar-refractivity contribution in [2.45, 2.75) is 33.2 Å². The highest BCUT2D eigenvalue weighted by Crippen LogP contribution is 2.41. The average Bonchev–Trinajstić information content (AvgIpc) is 3.23. The summed E-state index contributed by atoms with van der Waals surface area (Å²) in [5.41, 5.74) is 5.13. The Kier molecular flexibility index (Phi) is 5.61. The zero-order valence-electron chi connectivity index (χ0n) is 18.8. The second-order valence-corrected chi connectivity index (χ2v) is 7.90. The molecule has 1 unspecified atom stereocenters. The quantitative estimate of drug-likeness (QED) is 0.611. The van der Waals surface area contributed by atoms with Gasteiger partial charge in [0.05, 0.1) is 26.3 Å². The van der Waals surface area contributed by atoms with Gasteiger partial charge in [0.1, 0.15) is 11.9 Å². The van der Waals surface area contributed by atoms with Crippen LogP contribution in [0.5, 0.6) is 11.5 Å². The summed E-state index contributed by atoms with van der Waals surface area (Å²) in [5.74, 6) is 1.27. The summed E-state index contributed by atoms with van der Waals surface area (Å²) in [6.45, 7) is 5.77. The second-order valence-electron chi connectivity index (χ2n) is 7.90. The molecule has 8 nitrogen and oxygen atoms in total. The molecule has 2 aromatic carbocycles. The fraction of sp³-hybridized carbons (Fsp3) is 0.292. The number of hydrogen-bond acceptors (Lipinski definition) is 5. The number of amides is 2. The lowest BCUT2D eigenvalue weighted by atomic mass is 10.1. The largest absolute Gasteiger partial charge is 0.493 e. The van der Waals surface area contributed by atoms with Crippen molar-refractivity contribution in [2.75, 3.05) is 24.9 Å². The first-order valence-corrected chi connectivity index (χ1v) is 10.3. The number of carbonyl (C=O) groups excluding carboxylic acids is 2. The van der Waals surface area contributed by atoms with Crippen LogP contribution >= 0.6 is 0 Å². The number of anilines is 2. The molecule has 166 valence electrons. The van der Waals surface area contributed by atoms with E-state index < -0.39 is 6.04 Å². The zero-order chi connectivity index (χ0) is 23.0. The zero-order valence-corrected chi connectivity index (χ0v) is 18.8. The number of carbonyl (C=O) groups is 2. The maximum Gasteiger partial charge on any atom is 0.251 e. The van der Waals surface area contributed by atoms with Crippen LogP contribution in [-0.4, -0.2) is 35.8 Å². The molecular weight excluding hydrogens is 408 g/mol. The summed E-state index contributed by atoms with van der Waals surface area (Å²) in [4.78, 5) is 25.5. The number of fused-ring (bicyclic) bond motifs is 1. The fourth-order valence-corrected chi connectivity index (χ4v) is 3.97. The molecule has 2 heterocycles. The van der Waals surface area contributed by atoms with Gasteiger partial charge in [0, 0.05) is 11.3 Å². The molecule has 0 bridgehead atoms. The summed E-state index contributed by atoms with van der Waals surface area (Å²) in [5, 5.41) is 10.4. The minimum absolute atomic E-state index is 0.0152. The molecular formula is C24H26N4O4. The first kappa shape index (κ1) is 21.4. The highest BCUT2D eigenvalue weighted by atomic mass is 16.5. The predicted octanol–water partition coefficient (Wildman–Crippen LogP) is 4.01. The third kappa shape index (κ3) is 3.79. The topological polar surface area (TPSA) is 94.5 Å². The summed E-state index contributed by atoms with van der Waals surface area (Å²) in [6.07, 6.45) is -0.0152. The van der Waals surface area contributed by atoms with Crippen LogP contribution < -0.4 is 20.1 Å². The Balaban J connectivity index is 1.61. The van der Waals surface area contributed by atoms with Crippen molar-refractivity contribution >= 4 is 23.3 Å². The van der Waals surface area contributed by atoms with E-state index in [1.165, 1.54) is 0 Å². The Morgan fingerprint density at radius 2 is 1.84 bits per heavy atom. The molecule has 2 amide bonds. The van der Waals surface area contributed by atoms with E-state index in [-0.39, 0.29) is 18.2 Å². The summed E-state index contributed by atoms with van der Waals surface area (Å²) in [7, 11) is 3.15. The first-order valence-electron chi connectivity index (χ1n) is 10.3. The van der Waals surface area contributed by atoms with Crippen LogP contribution in [0.1, 0.15) is 29.3 Å². The maximum absolute atomic E-state index is 12.7. The summed E-state index contributed by atoms with van der Waals surface area (Å²) < 4.78 is 12.3. The minimum atomic E-state index is -0.720. The van der Waals surface area contributed by atoms with Gasteiger partial charge in [0.2, 0.25) is 5.91 Å². The van der Waals surface area contributed by atoms with E-state index in [9.17, 15) is 9.59 Å². The van der Waals surface area contributed by atoms with Crippen molar-refractivity contribution in [3.63, 3.8) is 0 Å². The Hall–Kier alpha value is -3.81. The van der Waals surface area contributed by atoms with E-state index in [4.69, 9.17) is 9.47 Å². The lowest BCUT2D eigenvalue weighted by Gasteiger charge is -2.12. The lowest BCUT2D eigenvalue weighted by molar-refractivity contribution is -0.123. The van der Waals surface area contributed by atoms with Gasteiger partial charge in [-0.25, -0.2) is 4.68 Å². The van der Waals surface area contributed by atoms with E-state index in [1.54, 1.807) is 18.9 Å². The highest BCUT2D eigenvalue weighted by molar-refractivity contribution is 6.04. The van der Waals surface area contributed by atoms with Gasteiger partial charge in [-0.1, -0.05) is 18.2 Å². The van der Waals surface area contributed by atoms with Gasteiger partial charge < -0.3 is 20.1 Å². The third-order valence-corrected chi connectivity index (χ3v) is 5.64. The summed E-state index contributed by atoms with van der Waals surface area (Å²) >= 11 is 0. The van der Waals surface area contributed by atoms with Crippen molar-refractivity contribution in [2.24, 2.45) is 0 Å². The molecule has 8 heteroatoms.